The fourth-order valence-corrected chi connectivity index (χ4v) is 4.47. The number of benzene rings is 2. The van der Waals surface area contributed by atoms with Gasteiger partial charge in [-0.1, -0.05) is 52.5 Å². The summed E-state index contributed by atoms with van der Waals surface area (Å²) in [5.74, 6) is -0.745. The normalized spacial score (nSPS) is 20.0. The summed E-state index contributed by atoms with van der Waals surface area (Å²) in [6, 6.07) is 14.4. The van der Waals surface area contributed by atoms with Crippen molar-refractivity contribution in [1.82, 2.24) is 9.19 Å². The lowest BCUT2D eigenvalue weighted by Crippen LogP contribution is -2.48. The minimum absolute atomic E-state index is 0.224. The molecule has 0 spiro atoms. The molecule has 3 rings (SSSR count). The van der Waals surface area contributed by atoms with Crippen molar-refractivity contribution in [3.05, 3.63) is 70.7 Å². The maximum absolute atomic E-state index is 12.8. The van der Waals surface area contributed by atoms with E-state index in [0.29, 0.717) is 23.6 Å². The van der Waals surface area contributed by atoms with E-state index < -0.39 is 28.3 Å². The first kappa shape index (κ1) is 19.8. The summed E-state index contributed by atoms with van der Waals surface area (Å²) in [7, 11) is -3.04. The van der Waals surface area contributed by atoms with Crippen LogP contribution in [0.3, 0.4) is 0 Å². The van der Waals surface area contributed by atoms with E-state index in [1.165, 1.54) is 19.2 Å². The first-order chi connectivity index (χ1) is 12.9. The minimum atomic E-state index is -4.27. The molecule has 144 valence electrons. The van der Waals surface area contributed by atoms with Crippen LogP contribution in [-0.4, -0.2) is 38.6 Å². The number of amides is 1. The van der Waals surface area contributed by atoms with Crippen LogP contribution in [0.4, 0.5) is 0 Å². The topological polar surface area (TPSA) is 84.9 Å². The zero-order valence-electron chi connectivity index (χ0n) is 14.5. The smallest absolute Gasteiger partial charge is 0.326 e. The van der Waals surface area contributed by atoms with Crippen LogP contribution >= 0.6 is 11.6 Å². The lowest BCUT2D eigenvalue weighted by molar-refractivity contribution is -0.0984. The zero-order chi connectivity index (χ0) is 19.4. The highest BCUT2D eigenvalue weighted by Crippen LogP contribution is 2.37. The number of hydrogen-bond donors (Lipinski definition) is 1. The van der Waals surface area contributed by atoms with Gasteiger partial charge in [-0.3, -0.25) is 9.63 Å². The number of nitrogens with one attached hydrogen (secondary N) is 1. The van der Waals surface area contributed by atoms with Crippen LogP contribution in [0.25, 0.3) is 0 Å². The number of ether oxygens (including phenoxy) is 1. The van der Waals surface area contributed by atoms with Gasteiger partial charge in [0.25, 0.3) is 5.91 Å². The molecule has 1 aliphatic rings. The molecule has 0 aliphatic carbocycles. The minimum Gasteiger partial charge on any atom is -0.372 e. The number of nitrogens with zero attached hydrogens (tertiary/aromatic N) is 1. The largest absolute Gasteiger partial charge is 0.372 e. The highest BCUT2D eigenvalue weighted by Gasteiger charge is 2.42. The molecular formula is C18H19ClN2O5S. The third kappa shape index (κ3) is 4.31. The SMILES string of the molecule is CON(C1CCOC1c1ccccc1Cl)S(=O)(=O)NC(=O)c1ccccc1. The molecule has 7 nitrogen and oxygen atoms in total. The predicted molar refractivity (Wildman–Crippen MR) is 100 cm³/mol. The van der Waals surface area contributed by atoms with Gasteiger partial charge in [-0.2, -0.15) is 8.42 Å². The number of hydrogen-bond acceptors (Lipinski definition) is 5. The van der Waals surface area contributed by atoms with Gasteiger partial charge in [0.2, 0.25) is 0 Å². The molecule has 0 radical (unpaired) electrons. The first-order valence-electron chi connectivity index (χ1n) is 8.25. The number of rotatable bonds is 6. The van der Waals surface area contributed by atoms with Crippen molar-refractivity contribution >= 4 is 27.7 Å². The van der Waals surface area contributed by atoms with Crippen LogP contribution in [0.15, 0.2) is 54.6 Å². The molecule has 0 bridgehead atoms. The van der Waals surface area contributed by atoms with Gasteiger partial charge in [0.05, 0.1) is 13.2 Å². The number of carbonyl (C=O) groups is 1. The van der Waals surface area contributed by atoms with Crippen molar-refractivity contribution in [3.8, 4) is 0 Å². The van der Waals surface area contributed by atoms with Gasteiger partial charge in [0.1, 0.15) is 6.10 Å². The third-order valence-electron chi connectivity index (χ3n) is 4.22. The Morgan fingerprint density at radius 2 is 1.85 bits per heavy atom. The fraction of sp³-hybridized carbons (Fsp3) is 0.278. The van der Waals surface area contributed by atoms with Crippen LogP contribution in [0.2, 0.25) is 5.02 Å². The number of hydroxylamine groups is 1. The average Bonchev–Trinajstić information content (AvgIpc) is 3.11. The van der Waals surface area contributed by atoms with Crippen molar-refractivity contribution in [3.63, 3.8) is 0 Å². The second-order valence-electron chi connectivity index (χ2n) is 5.91. The van der Waals surface area contributed by atoms with Gasteiger partial charge in [-0.05, 0) is 24.6 Å². The van der Waals surface area contributed by atoms with Crippen molar-refractivity contribution < 1.29 is 22.8 Å². The molecular weight excluding hydrogens is 392 g/mol. The summed E-state index contributed by atoms with van der Waals surface area (Å²) < 4.78 is 34.1. The van der Waals surface area contributed by atoms with Gasteiger partial charge < -0.3 is 4.74 Å². The molecule has 0 saturated carbocycles. The monoisotopic (exact) mass is 410 g/mol. The van der Waals surface area contributed by atoms with Crippen molar-refractivity contribution in [2.75, 3.05) is 13.7 Å². The molecule has 1 saturated heterocycles. The molecule has 1 N–H and O–H groups in total. The molecule has 2 aromatic rings. The lowest BCUT2D eigenvalue weighted by Gasteiger charge is -2.29. The fourth-order valence-electron chi connectivity index (χ4n) is 3.02. The predicted octanol–water partition coefficient (Wildman–Crippen LogP) is 2.71. The Balaban J connectivity index is 1.84. The second kappa shape index (κ2) is 8.37. The maximum Gasteiger partial charge on any atom is 0.326 e. The summed E-state index contributed by atoms with van der Waals surface area (Å²) in [6.07, 6.45) is -0.216. The van der Waals surface area contributed by atoms with Gasteiger partial charge >= 0.3 is 10.2 Å². The Kier molecular flexibility index (Phi) is 6.13. The molecule has 1 amide bonds. The van der Waals surface area contributed by atoms with Gasteiger partial charge in [0.15, 0.2) is 0 Å². The van der Waals surface area contributed by atoms with Crippen LogP contribution in [0.1, 0.15) is 28.4 Å². The van der Waals surface area contributed by atoms with E-state index in [1.54, 1.807) is 42.5 Å². The van der Waals surface area contributed by atoms with Crippen LogP contribution in [0, 0.1) is 0 Å². The molecule has 9 heteroatoms. The van der Waals surface area contributed by atoms with E-state index in [1.807, 2.05) is 4.72 Å². The van der Waals surface area contributed by atoms with Gasteiger partial charge in [-0.25, -0.2) is 4.72 Å². The summed E-state index contributed by atoms with van der Waals surface area (Å²) in [6.45, 7) is 0.336. The summed E-state index contributed by atoms with van der Waals surface area (Å²) in [4.78, 5) is 17.4. The van der Waals surface area contributed by atoms with Crippen LogP contribution in [-0.2, 0) is 19.8 Å². The van der Waals surface area contributed by atoms with E-state index in [4.69, 9.17) is 21.2 Å². The molecule has 1 aliphatic heterocycles. The van der Waals surface area contributed by atoms with E-state index in [2.05, 4.69) is 0 Å². The maximum atomic E-state index is 12.8. The molecule has 2 atom stereocenters. The van der Waals surface area contributed by atoms with E-state index in [0.717, 1.165) is 4.47 Å². The molecule has 1 heterocycles. The first-order valence-corrected chi connectivity index (χ1v) is 10.1. The Bertz CT molecular complexity index is 907. The summed E-state index contributed by atoms with van der Waals surface area (Å²) in [5, 5.41) is 0.469. The van der Waals surface area contributed by atoms with Gasteiger partial charge in [0, 0.05) is 22.8 Å². The average molecular weight is 411 g/mol. The molecule has 27 heavy (non-hydrogen) atoms. The lowest BCUT2D eigenvalue weighted by atomic mass is 10.0. The van der Waals surface area contributed by atoms with Crippen molar-refractivity contribution in [2.45, 2.75) is 18.6 Å². The molecule has 2 unspecified atom stereocenters. The molecule has 2 aromatic carbocycles. The Morgan fingerprint density at radius 1 is 1.19 bits per heavy atom. The summed E-state index contributed by atoms with van der Waals surface area (Å²) >= 11 is 6.24. The molecule has 0 aromatic heterocycles. The van der Waals surface area contributed by atoms with E-state index in [9.17, 15) is 13.2 Å². The second-order valence-corrected chi connectivity index (χ2v) is 7.83. The van der Waals surface area contributed by atoms with Gasteiger partial charge in [-0.15, -0.1) is 0 Å². The van der Waals surface area contributed by atoms with Crippen LogP contribution in [0.5, 0.6) is 0 Å². The van der Waals surface area contributed by atoms with Crippen LogP contribution < -0.4 is 4.72 Å². The Morgan fingerprint density at radius 3 is 2.52 bits per heavy atom. The third-order valence-corrected chi connectivity index (χ3v) is 5.90. The highest BCUT2D eigenvalue weighted by atomic mass is 35.5. The Hall–Kier alpha value is -1.97. The summed E-state index contributed by atoms with van der Waals surface area (Å²) in [5.41, 5.74) is 0.885. The zero-order valence-corrected chi connectivity index (χ0v) is 16.1. The Labute approximate surface area is 163 Å². The van der Waals surface area contributed by atoms with Crippen molar-refractivity contribution in [2.24, 2.45) is 0 Å². The molecule has 1 fully saturated rings. The van der Waals surface area contributed by atoms with E-state index in [-0.39, 0.29) is 5.56 Å². The van der Waals surface area contributed by atoms with Crippen molar-refractivity contribution in [1.29, 1.82) is 0 Å². The number of halogens is 1. The highest BCUT2D eigenvalue weighted by molar-refractivity contribution is 7.87. The van der Waals surface area contributed by atoms with E-state index >= 15 is 0 Å². The number of carbonyl (C=O) groups excluding carboxylic acids is 1. The quantitative estimate of drug-likeness (QED) is 0.740. The standard InChI is InChI=1S/C18H19ClN2O5S/c1-25-21(27(23,24)20-18(22)13-7-3-2-4-8-13)16-11-12-26-17(16)14-9-5-6-10-15(14)19/h2-10,16-17H,11-12H2,1H3,(H,20,22).